The number of nitrogens with one attached hydrogen (secondary N) is 1. The summed E-state index contributed by atoms with van der Waals surface area (Å²) in [4.78, 5) is 8.49. The molecule has 1 rings (SSSR count). The van der Waals surface area contributed by atoms with Crippen LogP contribution in [0.5, 0.6) is 0 Å². The van der Waals surface area contributed by atoms with Gasteiger partial charge in [-0.2, -0.15) is 11.8 Å². The number of nitrogens with zero attached hydrogens (tertiary/aromatic N) is 2. The Labute approximate surface area is 101 Å². The van der Waals surface area contributed by atoms with Crippen LogP contribution in [0.3, 0.4) is 0 Å². The standard InChI is InChI=1S/C11H20N4S/c1-5-16-6-7(2)13-11-8(3)10(12)14-9(4)15-11/h7H,5-6H2,1-4H3,(H3,12,13,14,15). The lowest BCUT2D eigenvalue weighted by Crippen LogP contribution is -2.20. The summed E-state index contributed by atoms with van der Waals surface area (Å²) >= 11 is 1.91. The first-order chi connectivity index (χ1) is 7.54. The van der Waals surface area contributed by atoms with Gasteiger partial charge in [-0.05, 0) is 26.5 Å². The van der Waals surface area contributed by atoms with Crippen molar-refractivity contribution in [3.63, 3.8) is 0 Å². The summed E-state index contributed by atoms with van der Waals surface area (Å²) in [6, 6.07) is 0.386. The number of nitrogen functional groups attached to an aromatic ring is 1. The van der Waals surface area contributed by atoms with Crippen LogP contribution < -0.4 is 11.1 Å². The summed E-state index contributed by atoms with van der Waals surface area (Å²) in [7, 11) is 0. The van der Waals surface area contributed by atoms with Crippen molar-refractivity contribution in [2.24, 2.45) is 0 Å². The molecule has 16 heavy (non-hydrogen) atoms. The Morgan fingerprint density at radius 1 is 1.38 bits per heavy atom. The Morgan fingerprint density at radius 2 is 2.06 bits per heavy atom. The molecule has 0 radical (unpaired) electrons. The van der Waals surface area contributed by atoms with Gasteiger partial charge < -0.3 is 11.1 Å². The van der Waals surface area contributed by atoms with Crippen LogP contribution in [0.15, 0.2) is 0 Å². The van der Waals surface area contributed by atoms with Gasteiger partial charge in [0.25, 0.3) is 0 Å². The van der Waals surface area contributed by atoms with Gasteiger partial charge in [0, 0.05) is 17.4 Å². The molecule has 0 amide bonds. The van der Waals surface area contributed by atoms with Crippen LogP contribution >= 0.6 is 11.8 Å². The van der Waals surface area contributed by atoms with Crippen molar-refractivity contribution < 1.29 is 0 Å². The lowest BCUT2D eigenvalue weighted by atomic mass is 10.3. The largest absolute Gasteiger partial charge is 0.383 e. The molecule has 0 aliphatic rings. The van der Waals surface area contributed by atoms with Gasteiger partial charge in [0.2, 0.25) is 0 Å². The molecule has 0 spiro atoms. The van der Waals surface area contributed by atoms with E-state index in [0.29, 0.717) is 17.7 Å². The van der Waals surface area contributed by atoms with Crippen molar-refractivity contribution in [3.05, 3.63) is 11.4 Å². The topological polar surface area (TPSA) is 63.8 Å². The Balaban J connectivity index is 2.72. The molecule has 0 bridgehead atoms. The van der Waals surface area contributed by atoms with Crippen molar-refractivity contribution in [1.29, 1.82) is 0 Å². The number of hydrogen-bond donors (Lipinski definition) is 2. The minimum Gasteiger partial charge on any atom is -0.383 e. The summed E-state index contributed by atoms with van der Waals surface area (Å²) in [5.41, 5.74) is 6.73. The molecule has 1 heterocycles. The van der Waals surface area contributed by atoms with Crippen LogP contribution in [-0.2, 0) is 0 Å². The molecule has 1 aromatic rings. The van der Waals surface area contributed by atoms with Crippen LogP contribution in [-0.4, -0.2) is 27.5 Å². The molecule has 0 aliphatic heterocycles. The molecule has 1 atom stereocenters. The van der Waals surface area contributed by atoms with Crippen molar-refractivity contribution in [2.45, 2.75) is 33.7 Å². The molecule has 0 fully saturated rings. The Hall–Kier alpha value is -0.970. The van der Waals surface area contributed by atoms with Gasteiger partial charge >= 0.3 is 0 Å². The quantitative estimate of drug-likeness (QED) is 0.826. The van der Waals surface area contributed by atoms with Crippen LogP contribution in [0.4, 0.5) is 11.6 Å². The van der Waals surface area contributed by atoms with E-state index in [1.54, 1.807) is 0 Å². The smallest absolute Gasteiger partial charge is 0.134 e. The highest BCUT2D eigenvalue weighted by Crippen LogP contribution is 2.18. The van der Waals surface area contributed by atoms with Gasteiger partial charge in [-0.1, -0.05) is 6.92 Å². The van der Waals surface area contributed by atoms with Gasteiger partial charge in [0.15, 0.2) is 0 Å². The Morgan fingerprint density at radius 3 is 2.69 bits per heavy atom. The minimum atomic E-state index is 0.386. The highest BCUT2D eigenvalue weighted by Gasteiger charge is 2.09. The van der Waals surface area contributed by atoms with Crippen LogP contribution in [0.25, 0.3) is 0 Å². The molecule has 3 N–H and O–H groups in total. The molecule has 1 aromatic heterocycles. The van der Waals surface area contributed by atoms with E-state index in [4.69, 9.17) is 5.73 Å². The van der Waals surface area contributed by atoms with E-state index >= 15 is 0 Å². The van der Waals surface area contributed by atoms with Crippen LogP contribution in [0, 0.1) is 13.8 Å². The van der Waals surface area contributed by atoms with E-state index in [9.17, 15) is 0 Å². The van der Waals surface area contributed by atoms with E-state index in [2.05, 4.69) is 29.1 Å². The lowest BCUT2D eigenvalue weighted by Gasteiger charge is -2.16. The number of hydrogen-bond acceptors (Lipinski definition) is 5. The van der Waals surface area contributed by atoms with Crippen molar-refractivity contribution in [1.82, 2.24) is 9.97 Å². The van der Waals surface area contributed by atoms with E-state index in [0.717, 1.165) is 22.9 Å². The average molecular weight is 240 g/mol. The average Bonchev–Trinajstić information content (AvgIpc) is 2.22. The first-order valence-electron chi connectivity index (χ1n) is 5.49. The zero-order valence-electron chi connectivity index (χ0n) is 10.4. The predicted molar refractivity (Wildman–Crippen MR) is 72.0 cm³/mol. The van der Waals surface area contributed by atoms with Gasteiger partial charge in [-0.3, -0.25) is 0 Å². The molecular weight excluding hydrogens is 220 g/mol. The highest BCUT2D eigenvalue weighted by atomic mass is 32.2. The maximum atomic E-state index is 5.80. The van der Waals surface area contributed by atoms with E-state index in [-0.39, 0.29) is 0 Å². The van der Waals surface area contributed by atoms with Gasteiger partial charge in [-0.25, -0.2) is 9.97 Å². The molecule has 0 saturated heterocycles. The summed E-state index contributed by atoms with van der Waals surface area (Å²) in [6.45, 7) is 8.11. The first kappa shape index (κ1) is 13.1. The van der Waals surface area contributed by atoms with Crippen molar-refractivity contribution in [2.75, 3.05) is 22.6 Å². The molecule has 5 heteroatoms. The molecule has 0 aromatic carbocycles. The number of rotatable bonds is 5. The maximum absolute atomic E-state index is 5.80. The van der Waals surface area contributed by atoms with E-state index < -0.39 is 0 Å². The Bertz CT molecular complexity index is 354. The molecular formula is C11H20N4S. The predicted octanol–water partition coefficient (Wildman–Crippen LogP) is 2.23. The zero-order chi connectivity index (χ0) is 12.1. The Kier molecular flexibility index (Phi) is 4.86. The maximum Gasteiger partial charge on any atom is 0.134 e. The second-order valence-electron chi connectivity index (χ2n) is 3.83. The van der Waals surface area contributed by atoms with Gasteiger partial charge in [-0.15, -0.1) is 0 Å². The first-order valence-corrected chi connectivity index (χ1v) is 6.65. The minimum absolute atomic E-state index is 0.386. The van der Waals surface area contributed by atoms with E-state index in [1.165, 1.54) is 0 Å². The third-order valence-corrected chi connectivity index (χ3v) is 3.39. The van der Waals surface area contributed by atoms with Crippen molar-refractivity contribution >= 4 is 23.4 Å². The van der Waals surface area contributed by atoms with Gasteiger partial charge in [0.1, 0.15) is 17.5 Å². The molecule has 90 valence electrons. The fraction of sp³-hybridized carbons (Fsp3) is 0.636. The number of nitrogens with two attached hydrogens (primary N) is 1. The number of aryl methyl sites for hydroxylation is 1. The zero-order valence-corrected chi connectivity index (χ0v) is 11.2. The van der Waals surface area contributed by atoms with Gasteiger partial charge in [0.05, 0.1) is 0 Å². The second-order valence-corrected chi connectivity index (χ2v) is 5.15. The second kappa shape index (κ2) is 5.94. The number of aromatic nitrogens is 2. The lowest BCUT2D eigenvalue weighted by molar-refractivity contribution is 0.888. The highest BCUT2D eigenvalue weighted by molar-refractivity contribution is 7.99. The fourth-order valence-corrected chi connectivity index (χ4v) is 2.03. The molecule has 0 aliphatic carbocycles. The third kappa shape index (κ3) is 3.56. The normalized spacial score (nSPS) is 12.5. The SMILES string of the molecule is CCSCC(C)Nc1nc(C)nc(N)c1C. The monoisotopic (exact) mass is 240 g/mol. The summed E-state index contributed by atoms with van der Waals surface area (Å²) in [6.07, 6.45) is 0. The summed E-state index contributed by atoms with van der Waals surface area (Å²) in [5.74, 6) is 4.33. The van der Waals surface area contributed by atoms with E-state index in [1.807, 2.05) is 25.6 Å². The summed E-state index contributed by atoms with van der Waals surface area (Å²) < 4.78 is 0. The third-order valence-electron chi connectivity index (χ3n) is 2.25. The number of anilines is 2. The van der Waals surface area contributed by atoms with Crippen LogP contribution in [0.1, 0.15) is 25.2 Å². The van der Waals surface area contributed by atoms with Crippen LogP contribution in [0.2, 0.25) is 0 Å². The molecule has 1 unspecified atom stereocenters. The molecule has 0 saturated carbocycles. The fourth-order valence-electron chi connectivity index (χ4n) is 1.36. The summed E-state index contributed by atoms with van der Waals surface area (Å²) in [5, 5.41) is 3.37. The molecule has 4 nitrogen and oxygen atoms in total. The van der Waals surface area contributed by atoms with Crippen molar-refractivity contribution in [3.8, 4) is 0 Å². The number of thioether (sulfide) groups is 1.